The highest BCUT2D eigenvalue weighted by Gasteiger charge is 2.13. The second-order valence-electron chi connectivity index (χ2n) is 6.09. The third-order valence-corrected chi connectivity index (χ3v) is 3.85. The third kappa shape index (κ3) is 5.36. The highest BCUT2D eigenvalue weighted by atomic mass is 19.1. The van der Waals surface area contributed by atoms with Gasteiger partial charge in [0.25, 0.3) is 0 Å². The number of nitrogens with zero attached hydrogens (tertiary/aromatic N) is 1. The lowest BCUT2D eigenvalue weighted by molar-refractivity contribution is 0.472. The molecule has 5 heteroatoms. The summed E-state index contributed by atoms with van der Waals surface area (Å²) >= 11 is 0. The van der Waals surface area contributed by atoms with Crippen LogP contribution in [0.3, 0.4) is 0 Å². The van der Waals surface area contributed by atoms with Gasteiger partial charge in [0.2, 0.25) is 0 Å². The van der Waals surface area contributed by atoms with Crippen LogP contribution in [0.2, 0.25) is 0 Å². The van der Waals surface area contributed by atoms with Gasteiger partial charge in [0.15, 0.2) is 0 Å². The fourth-order valence-electron chi connectivity index (χ4n) is 2.67. The molecule has 2 nitrogen and oxygen atoms in total. The van der Waals surface area contributed by atoms with Crippen molar-refractivity contribution in [1.82, 2.24) is 0 Å². The van der Waals surface area contributed by atoms with Gasteiger partial charge in [-0.3, -0.25) is 4.39 Å². The van der Waals surface area contributed by atoms with Crippen molar-refractivity contribution in [3.8, 4) is 0 Å². The van der Waals surface area contributed by atoms with Crippen molar-refractivity contribution in [3.63, 3.8) is 0 Å². The number of rotatable bonds is 7. The number of alkyl halides is 1. The molecule has 1 unspecified atom stereocenters. The lowest BCUT2D eigenvalue weighted by atomic mass is 10.0. The van der Waals surface area contributed by atoms with Crippen LogP contribution in [0, 0.1) is 11.6 Å². The Morgan fingerprint density at radius 1 is 1.12 bits per heavy atom. The van der Waals surface area contributed by atoms with E-state index in [1.807, 2.05) is 31.0 Å². The zero-order valence-electron chi connectivity index (χ0n) is 14.5. The topological polar surface area (TPSA) is 29.3 Å². The van der Waals surface area contributed by atoms with E-state index in [1.54, 1.807) is 12.1 Å². The Balaban J connectivity index is 2.44. The first kappa shape index (κ1) is 19.1. The van der Waals surface area contributed by atoms with Crippen LogP contribution in [0.4, 0.5) is 18.9 Å². The molecule has 0 saturated carbocycles. The van der Waals surface area contributed by atoms with Crippen molar-refractivity contribution >= 4 is 11.4 Å². The van der Waals surface area contributed by atoms with Gasteiger partial charge >= 0.3 is 0 Å². The predicted octanol–water partition coefficient (Wildman–Crippen LogP) is 4.69. The first-order valence-electron chi connectivity index (χ1n) is 8.23. The quantitative estimate of drug-likeness (QED) is 0.786. The van der Waals surface area contributed by atoms with Crippen LogP contribution in [0.25, 0.3) is 5.70 Å². The first-order valence-corrected chi connectivity index (χ1v) is 8.23. The maximum atomic E-state index is 14.1. The van der Waals surface area contributed by atoms with E-state index in [1.165, 1.54) is 24.3 Å². The molecule has 0 bridgehead atoms. The molecular formula is C20H23F3N2. The van der Waals surface area contributed by atoms with Gasteiger partial charge in [0, 0.05) is 30.0 Å². The molecule has 0 spiro atoms. The molecule has 0 radical (unpaired) electrons. The van der Waals surface area contributed by atoms with Gasteiger partial charge in [0.05, 0.1) is 6.67 Å². The highest BCUT2D eigenvalue weighted by molar-refractivity contribution is 5.79. The summed E-state index contributed by atoms with van der Waals surface area (Å²) in [7, 11) is 1.81. The summed E-state index contributed by atoms with van der Waals surface area (Å²) < 4.78 is 39.7. The number of halogens is 3. The van der Waals surface area contributed by atoms with Crippen LogP contribution in [0.5, 0.6) is 0 Å². The van der Waals surface area contributed by atoms with Crippen LogP contribution >= 0.6 is 0 Å². The number of hydrogen-bond donors (Lipinski definition) is 1. The van der Waals surface area contributed by atoms with E-state index < -0.39 is 6.67 Å². The van der Waals surface area contributed by atoms with Crippen LogP contribution in [-0.2, 0) is 6.42 Å². The van der Waals surface area contributed by atoms with Crippen LogP contribution < -0.4 is 10.6 Å². The Kier molecular flexibility index (Phi) is 6.65. The van der Waals surface area contributed by atoms with Gasteiger partial charge in [-0.1, -0.05) is 0 Å². The first-order chi connectivity index (χ1) is 11.9. The summed E-state index contributed by atoms with van der Waals surface area (Å²) in [5.74, 6) is -0.705. The number of benzene rings is 2. The smallest absolute Gasteiger partial charge is 0.124 e. The number of nitrogens with two attached hydrogens (primary N) is 1. The maximum absolute atomic E-state index is 14.1. The van der Waals surface area contributed by atoms with E-state index in [2.05, 4.69) is 0 Å². The molecule has 2 N–H and O–H groups in total. The molecule has 25 heavy (non-hydrogen) atoms. The van der Waals surface area contributed by atoms with Crippen molar-refractivity contribution in [1.29, 1.82) is 0 Å². The Morgan fingerprint density at radius 2 is 1.80 bits per heavy atom. The van der Waals surface area contributed by atoms with Gasteiger partial charge in [0.1, 0.15) is 11.6 Å². The fraction of sp³-hybridized carbons (Fsp3) is 0.300. The highest BCUT2D eigenvalue weighted by Crippen LogP contribution is 2.27. The second kappa shape index (κ2) is 8.72. The molecular weight excluding hydrogens is 325 g/mol. The van der Waals surface area contributed by atoms with Crippen molar-refractivity contribution < 1.29 is 13.2 Å². The normalized spacial score (nSPS) is 13.0. The van der Waals surface area contributed by atoms with E-state index >= 15 is 0 Å². The molecule has 2 aromatic rings. The summed E-state index contributed by atoms with van der Waals surface area (Å²) in [5.41, 5.74) is 8.77. The molecule has 0 heterocycles. The molecule has 0 aromatic heterocycles. The number of anilines is 1. The zero-order valence-corrected chi connectivity index (χ0v) is 14.5. The maximum Gasteiger partial charge on any atom is 0.124 e. The lowest BCUT2D eigenvalue weighted by Gasteiger charge is -2.24. The van der Waals surface area contributed by atoms with Crippen LogP contribution in [-0.4, -0.2) is 19.8 Å². The minimum absolute atomic E-state index is 0.254. The van der Waals surface area contributed by atoms with Crippen molar-refractivity contribution in [2.24, 2.45) is 5.73 Å². The third-order valence-electron chi connectivity index (χ3n) is 3.85. The lowest BCUT2D eigenvalue weighted by Crippen LogP contribution is -2.20. The van der Waals surface area contributed by atoms with Crippen molar-refractivity contribution in [2.45, 2.75) is 25.8 Å². The van der Waals surface area contributed by atoms with Gasteiger partial charge in [-0.05, 0) is 73.9 Å². The van der Waals surface area contributed by atoms with Crippen LogP contribution in [0.15, 0.2) is 48.5 Å². The molecule has 0 fully saturated rings. The largest absolute Gasteiger partial charge is 0.344 e. The van der Waals surface area contributed by atoms with E-state index in [0.29, 0.717) is 24.1 Å². The molecule has 134 valence electrons. The molecule has 0 aliphatic heterocycles. The Labute approximate surface area is 146 Å². The summed E-state index contributed by atoms with van der Waals surface area (Å²) in [6.45, 7) is 1.38. The Bertz CT molecular complexity index is 724. The molecule has 2 aromatic carbocycles. The van der Waals surface area contributed by atoms with Crippen molar-refractivity contribution in [2.75, 3.05) is 18.6 Å². The molecule has 0 aliphatic rings. The Morgan fingerprint density at radius 3 is 2.40 bits per heavy atom. The monoisotopic (exact) mass is 348 g/mol. The van der Waals surface area contributed by atoms with E-state index in [4.69, 9.17) is 5.73 Å². The van der Waals surface area contributed by atoms with Gasteiger partial charge < -0.3 is 10.6 Å². The molecule has 1 atom stereocenters. The standard InChI is InChI=1S/C20H23F3N2/c1-14(24)10-20(25(2)19-7-5-17(22)6-8-19)16-11-15(4-3-9-21)12-18(23)13-16/h5-8,10-14H,3-4,9,24H2,1-2H3/b20-10-. The summed E-state index contributed by atoms with van der Waals surface area (Å²) in [5, 5.41) is 0. The summed E-state index contributed by atoms with van der Waals surface area (Å²) in [6, 6.07) is 10.5. The number of aryl methyl sites for hydroxylation is 1. The summed E-state index contributed by atoms with van der Waals surface area (Å²) in [6.07, 6.45) is 2.63. The van der Waals surface area contributed by atoms with Gasteiger partial charge in [-0.2, -0.15) is 0 Å². The van der Waals surface area contributed by atoms with Gasteiger partial charge in [-0.25, -0.2) is 8.78 Å². The average molecular weight is 348 g/mol. The zero-order chi connectivity index (χ0) is 18.4. The minimum atomic E-state index is -0.441. The molecule has 0 amide bonds. The van der Waals surface area contributed by atoms with Crippen molar-refractivity contribution in [3.05, 3.63) is 71.3 Å². The molecule has 0 aliphatic carbocycles. The SMILES string of the molecule is CC(N)/C=C(/c1cc(F)cc(CCCF)c1)N(C)c1ccc(F)cc1. The Hall–Kier alpha value is -2.27. The van der Waals surface area contributed by atoms with Crippen LogP contribution in [0.1, 0.15) is 24.5 Å². The molecule has 0 saturated heterocycles. The average Bonchev–Trinajstić information content (AvgIpc) is 2.57. The molecule has 2 rings (SSSR count). The van der Waals surface area contributed by atoms with E-state index in [-0.39, 0.29) is 17.7 Å². The minimum Gasteiger partial charge on any atom is -0.344 e. The van der Waals surface area contributed by atoms with E-state index in [9.17, 15) is 13.2 Å². The predicted molar refractivity (Wildman–Crippen MR) is 97.1 cm³/mol. The van der Waals surface area contributed by atoms with Gasteiger partial charge in [-0.15, -0.1) is 0 Å². The summed E-state index contributed by atoms with van der Waals surface area (Å²) in [4.78, 5) is 1.83. The second-order valence-corrected chi connectivity index (χ2v) is 6.09. The fourth-order valence-corrected chi connectivity index (χ4v) is 2.67. The number of hydrogen-bond acceptors (Lipinski definition) is 2. The van der Waals surface area contributed by atoms with E-state index in [0.717, 1.165) is 11.3 Å².